The molecule has 1 saturated carbocycles. The summed E-state index contributed by atoms with van der Waals surface area (Å²) in [7, 11) is 0. The number of hydrogen-bond acceptors (Lipinski definition) is 2. The van der Waals surface area contributed by atoms with Gasteiger partial charge in [-0.25, -0.2) is 0 Å². The van der Waals surface area contributed by atoms with Crippen LogP contribution in [0, 0.1) is 11.8 Å². The summed E-state index contributed by atoms with van der Waals surface area (Å²) in [4.78, 5) is 21.5. The molecule has 0 aromatic rings. The summed E-state index contributed by atoms with van der Waals surface area (Å²) in [5, 5.41) is 0. The molecule has 2 heteroatoms. The first kappa shape index (κ1) is 8.44. The lowest BCUT2D eigenvalue weighted by Gasteiger charge is -2.24. The standard InChI is InChI=1S/C9H14O2/c1-7(11)9-5-3-2-4-8(9)6-10/h6,8-9H,2-5H2,1H3/t8-,9+/m1/s1. The van der Waals surface area contributed by atoms with Crippen molar-refractivity contribution in [1.82, 2.24) is 0 Å². The average molecular weight is 154 g/mol. The lowest BCUT2D eigenvalue weighted by atomic mass is 9.78. The van der Waals surface area contributed by atoms with E-state index in [1.165, 1.54) is 0 Å². The zero-order chi connectivity index (χ0) is 8.27. The van der Waals surface area contributed by atoms with Crippen molar-refractivity contribution in [3.8, 4) is 0 Å². The summed E-state index contributed by atoms with van der Waals surface area (Å²) in [6.45, 7) is 1.59. The Balaban J connectivity index is 2.58. The van der Waals surface area contributed by atoms with Crippen molar-refractivity contribution in [3.63, 3.8) is 0 Å². The second kappa shape index (κ2) is 3.65. The van der Waals surface area contributed by atoms with Crippen molar-refractivity contribution < 1.29 is 9.59 Å². The summed E-state index contributed by atoms with van der Waals surface area (Å²) in [5.74, 6) is 0.226. The molecular weight excluding hydrogens is 140 g/mol. The van der Waals surface area contributed by atoms with Crippen molar-refractivity contribution in [2.24, 2.45) is 11.8 Å². The molecule has 0 aliphatic heterocycles. The Kier molecular flexibility index (Phi) is 2.80. The molecule has 0 heterocycles. The summed E-state index contributed by atoms with van der Waals surface area (Å²) in [6.07, 6.45) is 4.99. The molecule has 62 valence electrons. The van der Waals surface area contributed by atoms with E-state index >= 15 is 0 Å². The Bertz CT molecular complexity index is 163. The summed E-state index contributed by atoms with van der Waals surface area (Å²) >= 11 is 0. The van der Waals surface area contributed by atoms with E-state index in [4.69, 9.17) is 0 Å². The number of hydrogen-bond donors (Lipinski definition) is 0. The molecule has 0 spiro atoms. The molecule has 0 aromatic carbocycles. The highest BCUT2D eigenvalue weighted by Gasteiger charge is 2.27. The molecule has 0 aromatic heterocycles. The van der Waals surface area contributed by atoms with Crippen LogP contribution in [-0.4, -0.2) is 12.1 Å². The minimum absolute atomic E-state index is 0.0150. The molecule has 0 unspecified atom stereocenters. The van der Waals surface area contributed by atoms with Gasteiger partial charge in [-0.3, -0.25) is 4.79 Å². The van der Waals surface area contributed by atoms with Crippen molar-refractivity contribution in [2.45, 2.75) is 32.6 Å². The van der Waals surface area contributed by atoms with Gasteiger partial charge in [0.1, 0.15) is 12.1 Å². The average Bonchev–Trinajstić information content (AvgIpc) is 2.04. The van der Waals surface area contributed by atoms with Gasteiger partial charge >= 0.3 is 0 Å². The third-order valence-electron chi connectivity index (χ3n) is 2.52. The maximum absolute atomic E-state index is 11.0. The lowest BCUT2D eigenvalue weighted by molar-refractivity contribution is -0.127. The first-order valence-electron chi connectivity index (χ1n) is 4.21. The highest BCUT2D eigenvalue weighted by atomic mass is 16.1. The Morgan fingerprint density at radius 2 is 2.00 bits per heavy atom. The van der Waals surface area contributed by atoms with E-state index in [2.05, 4.69) is 0 Å². The third-order valence-corrected chi connectivity index (χ3v) is 2.52. The molecule has 0 N–H and O–H groups in total. The van der Waals surface area contributed by atoms with Crippen LogP contribution in [0.2, 0.25) is 0 Å². The minimum atomic E-state index is 0.0150. The van der Waals surface area contributed by atoms with Gasteiger partial charge in [0.2, 0.25) is 0 Å². The van der Waals surface area contributed by atoms with Crippen LogP contribution < -0.4 is 0 Å². The van der Waals surface area contributed by atoms with Gasteiger partial charge in [0.15, 0.2) is 0 Å². The maximum atomic E-state index is 11.0. The molecule has 0 radical (unpaired) electrons. The van der Waals surface area contributed by atoms with Crippen LogP contribution in [0.3, 0.4) is 0 Å². The third kappa shape index (κ3) is 1.88. The van der Waals surface area contributed by atoms with Gasteiger partial charge in [-0.1, -0.05) is 12.8 Å². The van der Waals surface area contributed by atoms with Crippen LogP contribution in [0.1, 0.15) is 32.6 Å². The van der Waals surface area contributed by atoms with Crippen molar-refractivity contribution >= 4 is 12.1 Å². The van der Waals surface area contributed by atoms with Crippen molar-refractivity contribution in [2.75, 3.05) is 0 Å². The van der Waals surface area contributed by atoms with Crippen molar-refractivity contribution in [3.05, 3.63) is 0 Å². The number of aldehydes is 1. The van der Waals surface area contributed by atoms with E-state index < -0.39 is 0 Å². The van der Waals surface area contributed by atoms with Gasteiger partial charge in [0.05, 0.1) is 0 Å². The smallest absolute Gasteiger partial charge is 0.133 e. The van der Waals surface area contributed by atoms with Crippen LogP contribution in [0.5, 0.6) is 0 Å². The monoisotopic (exact) mass is 154 g/mol. The molecule has 2 nitrogen and oxygen atoms in total. The molecule has 0 amide bonds. The van der Waals surface area contributed by atoms with E-state index in [1.807, 2.05) is 0 Å². The Morgan fingerprint density at radius 3 is 2.45 bits per heavy atom. The fourth-order valence-corrected chi connectivity index (χ4v) is 1.83. The molecule has 0 bridgehead atoms. The lowest BCUT2D eigenvalue weighted by Crippen LogP contribution is -2.26. The number of ketones is 1. The maximum Gasteiger partial charge on any atom is 0.133 e. The first-order valence-corrected chi connectivity index (χ1v) is 4.21. The fourth-order valence-electron chi connectivity index (χ4n) is 1.83. The van der Waals surface area contributed by atoms with Gasteiger partial charge in [-0.15, -0.1) is 0 Å². The van der Waals surface area contributed by atoms with Gasteiger partial charge in [-0.05, 0) is 19.8 Å². The molecule has 11 heavy (non-hydrogen) atoms. The summed E-state index contributed by atoms with van der Waals surface area (Å²) in [6, 6.07) is 0. The van der Waals surface area contributed by atoms with Gasteiger partial charge in [0.25, 0.3) is 0 Å². The molecule has 1 aliphatic carbocycles. The van der Waals surface area contributed by atoms with Crippen LogP contribution in [0.4, 0.5) is 0 Å². The van der Waals surface area contributed by atoms with Gasteiger partial charge in [-0.2, -0.15) is 0 Å². The molecule has 1 rings (SSSR count). The van der Waals surface area contributed by atoms with Gasteiger partial charge in [0, 0.05) is 11.8 Å². The highest BCUT2D eigenvalue weighted by molar-refractivity contribution is 5.81. The number of carbonyl (C=O) groups is 2. The topological polar surface area (TPSA) is 34.1 Å². The largest absolute Gasteiger partial charge is 0.303 e. The number of Topliss-reactive ketones (excluding diaryl/α,β-unsaturated/α-hetero) is 1. The van der Waals surface area contributed by atoms with Crippen LogP contribution >= 0.6 is 0 Å². The highest BCUT2D eigenvalue weighted by Crippen LogP contribution is 2.28. The quantitative estimate of drug-likeness (QED) is 0.566. The van der Waals surface area contributed by atoms with E-state index in [1.54, 1.807) is 6.92 Å². The van der Waals surface area contributed by atoms with Crippen LogP contribution in [0.15, 0.2) is 0 Å². The van der Waals surface area contributed by atoms with E-state index in [0.29, 0.717) is 0 Å². The molecular formula is C9H14O2. The zero-order valence-corrected chi connectivity index (χ0v) is 6.88. The molecule has 1 aliphatic rings. The number of rotatable bonds is 2. The summed E-state index contributed by atoms with van der Waals surface area (Å²) < 4.78 is 0. The molecule has 2 atom stereocenters. The predicted octanol–water partition coefficient (Wildman–Crippen LogP) is 1.58. The number of carbonyl (C=O) groups excluding carboxylic acids is 2. The fraction of sp³-hybridized carbons (Fsp3) is 0.778. The van der Waals surface area contributed by atoms with E-state index in [0.717, 1.165) is 32.0 Å². The van der Waals surface area contributed by atoms with E-state index in [-0.39, 0.29) is 17.6 Å². The SMILES string of the molecule is CC(=O)[C@@H]1CCCC[C@@H]1C=O. The Labute approximate surface area is 67.0 Å². The van der Waals surface area contributed by atoms with Crippen molar-refractivity contribution in [1.29, 1.82) is 0 Å². The second-order valence-corrected chi connectivity index (χ2v) is 3.30. The van der Waals surface area contributed by atoms with Crippen LogP contribution in [-0.2, 0) is 9.59 Å². The van der Waals surface area contributed by atoms with Crippen LogP contribution in [0.25, 0.3) is 0 Å². The molecule has 0 saturated heterocycles. The zero-order valence-electron chi connectivity index (χ0n) is 6.88. The first-order chi connectivity index (χ1) is 5.25. The summed E-state index contributed by atoms with van der Waals surface area (Å²) in [5.41, 5.74) is 0. The predicted molar refractivity (Wildman–Crippen MR) is 42.2 cm³/mol. The minimum Gasteiger partial charge on any atom is -0.303 e. The van der Waals surface area contributed by atoms with E-state index in [9.17, 15) is 9.59 Å². The Hall–Kier alpha value is -0.660. The normalized spacial score (nSPS) is 31.4. The second-order valence-electron chi connectivity index (χ2n) is 3.30. The molecule has 1 fully saturated rings. The Morgan fingerprint density at radius 1 is 1.36 bits per heavy atom. The van der Waals surface area contributed by atoms with Gasteiger partial charge < -0.3 is 4.79 Å².